The molecule has 76 valence electrons. The van der Waals surface area contributed by atoms with E-state index in [0.29, 0.717) is 23.7 Å². The van der Waals surface area contributed by atoms with E-state index in [-0.39, 0.29) is 12.1 Å². The number of nitrogens with zero attached hydrogens (tertiary/aromatic N) is 2. The van der Waals surface area contributed by atoms with E-state index in [1.165, 1.54) is 0 Å². The molecule has 0 spiro atoms. The van der Waals surface area contributed by atoms with Crippen molar-refractivity contribution in [2.45, 2.75) is 37.8 Å². The van der Waals surface area contributed by atoms with Gasteiger partial charge in [-0.15, -0.1) is 0 Å². The third-order valence-electron chi connectivity index (χ3n) is 4.60. The Hall–Kier alpha value is -0.800. The molecule has 4 aliphatic rings. The van der Waals surface area contributed by atoms with E-state index < -0.39 is 0 Å². The van der Waals surface area contributed by atoms with Gasteiger partial charge in [0.05, 0.1) is 12.1 Å². The second-order valence-electron chi connectivity index (χ2n) is 5.18. The maximum absolute atomic E-state index is 10.7. The van der Waals surface area contributed by atoms with Gasteiger partial charge in [-0.05, 0) is 49.4 Å². The van der Waals surface area contributed by atoms with E-state index in [0.717, 1.165) is 25.7 Å². The van der Waals surface area contributed by atoms with Crippen LogP contribution in [0.15, 0.2) is 10.4 Å². The summed E-state index contributed by atoms with van der Waals surface area (Å²) in [7, 11) is 0. The van der Waals surface area contributed by atoms with Gasteiger partial charge < -0.3 is 0 Å². The molecule has 4 rings (SSSR count). The minimum absolute atomic E-state index is 0.0510. The van der Waals surface area contributed by atoms with Crippen molar-refractivity contribution >= 4 is 0 Å². The lowest BCUT2D eigenvalue weighted by Crippen LogP contribution is -2.53. The lowest BCUT2D eigenvalue weighted by Gasteiger charge is -2.53. The van der Waals surface area contributed by atoms with Crippen molar-refractivity contribution in [2.75, 3.05) is 0 Å². The first kappa shape index (κ1) is 8.50. The van der Waals surface area contributed by atoms with Gasteiger partial charge in [0, 0.05) is 0 Å². The molecule has 0 radical (unpaired) electrons. The van der Waals surface area contributed by atoms with Crippen molar-refractivity contribution in [3.05, 3.63) is 9.81 Å². The number of hydrogen-bond acceptors (Lipinski definition) is 4. The summed E-state index contributed by atoms with van der Waals surface area (Å²) in [5, 5.41) is 6.56. The SMILES string of the molecule is O=NC1C2CC3CC1CC(C2)C3N=O. The highest BCUT2D eigenvalue weighted by Gasteiger charge is 2.54. The average molecular weight is 194 g/mol. The van der Waals surface area contributed by atoms with Gasteiger partial charge >= 0.3 is 0 Å². The molecule has 4 fully saturated rings. The zero-order chi connectivity index (χ0) is 9.71. The Bertz CT molecular complexity index is 225. The smallest absolute Gasteiger partial charge is 0.0976 e. The maximum Gasteiger partial charge on any atom is 0.0976 e. The first-order chi connectivity index (χ1) is 6.83. The highest BCUT2D eigenvalue weighted by atomic mass is 16.3. The Labute approximate surface area is 82.4 Å². The van der Waals surface area contributed by atoms with Crippen molar-refractivity contribution in [1.82, 2.24) is 0 Å². The van der Waals surface area contributed by atoms with Crippen LogP contribution in [0, 0.1) is 33.5 Å². The van der Waals surface area contributed by atoms with Crippen LogP contribution in [0.3, 0.4) is 0 Å². The fourth-order valence-corrected chi connectivity index (χ4v) is 4.17. The molecule has 0 aromatic carbocycles. The first-order valence-electron chi connectivity index (χ1n) is 5.48. The predicted octanol–water partition coefficient (Wildman–Crippen LogP) is 2.32. The van der Waals surface area contributed by atoms with Crippen LogP contribution in [0.25, 0.3) is 0 Å². The van der Waals surface area contributed by atoms with E-state index in [1.54, 1.807) is 0 Å². The lowest BCUT2D eigenvalue weighted by atomic mass is 9.52. The van der Waals surface area contributed by atoms with E-state index in [1.807, 2.05) is 0 Å². The van der Waals surface area contributed by atoms with Crippen LogP contribution in [0.2, 0.25) is 0 Å². The molecule has 0 saturated heterocycles. The fraction of sp³-hybridized carbons (Fsp3) is 1.00. The summed E-state index contributed by atoms with van der Waals surface area (Å²) in [6.45, 7) is 0. The number of nitroso groups, excluding NO2 is 2. The summed E-state index contributed by atoms with van der Waals surface area (Å²) < 4.78 is 0. The van der Waals surface area contributed by atoms with Gasteiger partial charge in [-0.1, -0.05) is 10.4 Å². The zero-order valence-corrected chi connectivity index (χ0v) is 8.00. The minimum atomic E-state index is 0.0510. The molecule has 4 aliphatic carbocycles. The summed E-state index contributed by atoms with van der Waals surface area (Å²) in [6, 6.07) is 0.102. The fourth-order valence-electron chi connectivity index (χ4n) is 4.17. The van der Waals surface area contributed by atoms with Crippen LogP contribution in [-0.4, -0.2) is 12.1 Å². The molecule has 0 amide bonds. The topological polar surface area (TPSA) is 58.9 Å². The number of hydrogen-bond donors (Lipinski definition) is 0. The Morgan fingerprint density at radius 1 is 0.643 bits per heavy atom. The van der Waals surface area contributed by atoms with Crippen LogP contribution in [-0.2, 0) is 0 Å². The van der Waals surface area contributed by atoms with Crippen LogP contribution in [0.4, 0.5) is 0 Å². The lowest BCUT2D eigenvalue weighted by molar-refractivity contribution is -0.0165. The number of rotatable bonds is 2. The van der Waals surface area contributed by atoms with E-state index in [2.05, 4.69) is 10.4 Å². The Morgan fingerprint density at radius 2 is 0.929 bits per heavy atom. The molecule has 0 N–H and O–H groups in total. The molecule has 0 heterocycles. The van der Waals surface area contributed by atoms with Gasteiger partial charge in [-0.2, -0.15) is 9.81 Å². The largest absolute Gasteiger partial charge is 0.150 e. The van der Waals surface area contributed by atoms with E-state index >= 15 is 0 Å². The van der Waals surface area contributed by atoms with Crippen LogP contribution in [0.1, 0.15) is 25.7 Å². The standard InChI is InChI=1S/C10H14N2O2/c13-11-9-5-1-6-3-8(9)4-7(2-5)10(6)12-14/h5-10H,1-4H2. The van der Waals surface area contributed by atoms with Crippen LogP contribution in [0.5, 0.6) is 0 Å². The summed E-state index contributed by atoms with van der Waals surface area (Å²) in [6.07, 6.45) is 4.05. The first-order valence-corrected chi connectivity index (χ1v) is 5.48. The van der Waals surface area contributed by atoms with Crippen molar-refractivity contribution in [2.24, 2.45) is 34.0 Å². The molecule has 0 aromatic rings. The van der Waals surface area contributed by atoms with Gasteiger partial charge in [-0.3, -0.25) is 0 Å². The van der Waals surface area contributed by atoms with Crippen LogP contribution < -0.4 is 0 Å². The van der Waals surface area contributed by atoms with E-state index in [4.69, 9.17) is 0 Å². The maximum atomic E-state index is 10.7. The second-order valence-corrected chi connectivity index (χ2v) is 5.18. The summed E-state index contributed by atoms with van der Waals surface area (Å²) in [5.41, 5.74) is 0. The van der Waals surface area contributed by atoms with Gasteiger partial charge in [0.1, 0.15) is 0 Å². The predicted molar refractivity (Wildman–Crippen MR) is 51.6 cm³/mol. The Kier molecular flexibility index (Phi) is 1.73. The van der Waals surface area contributed by atoms with Gasteiger partial charge in [0.2, 0.25) is 0 Å². The van der Waals surface area contributed by atoms with Gasteiger partial charge in [0.25, 0.3) is 0 Å². The molecule has 4 bridgehead atoms. The highest BCUT2D eigenvalue weighted by Crippen LogP contribution is 2.55. The molecule has 0 aliphatic heterocycles. The third-order valence-corrected chi connectivity index (χ3v) is 4.60. The summed E-state index contributed by atoms with van der Waals surface area (Å²) >= 11 is 0. The molecule has 14 heavy (non-hydrogen) atoms. The van der Waals surface area contributed by atoms with Crippen molar-refractivity contribution in [3.8, 4) is 0 Å². The normalized spacial score (nSPS) is 54.6. The highest BCUT2D eigenvalue weighted by molar-refractivity contribution is 5.06. The van der Waals surface area contributed by atoms with Gasteiger partial charge in [0.15, 0.2) is 0 Å². The molecule has 4 heteroatoms. The Balaban J connectivity index is 1.89. The molecular weight excluding hydrogens is 180 g/mol. The van der Waals surface area contributed by atoms with Crippen LogP contribution >= 0.6 is 0 Å². The molecular formula is C10H14N2O2. The molecule has 0 atom stereocenters. The molecule has 4 nitrogen and oxygen atoms in total. The second kappa shape index (κ2) is 2.84. The Morgan fingerprint density at radius 3 is 1.14 bits per heavy atom. The molecule has 0 aromatic heterocycles. The third kappa shape index (κ3) is 0.940. The van der Waals surface area contributed by atoms with E-state index in [9.17, 15) is 9.81 Å². The average Bonchev–Trinajstić information content (AvgIpc) is 2.17. The summed E-state index contributed by atoms with van der Waals surface area (Å²) in [5.74, 6) is 1.86. The molecule has 0 unspecified atom stereocenters. The molecule has 4 saturated carbocycles. The van der Waals surface area contributed by atoms with Gasteiger partial charge in [-0.25, -0.2) is 0 Å². The van der Waals surface area contributed by atoms with Crippen molar-refractivity contribution < 1.29 is 0 Å². The van der Waals surface area contributed by atoms with Crippen molar-refractivity contribution in [1.29, 1.82) is 0 Å². The quantitative estimate of drug-likeness (QED) is 0.633. The monoisotopic (exact) mass is 194 g/mol. The summed E-state index contributed by atoms with van der Waals surface area (Å²) in [4.78, 5) is 21.4. The zero-order valence-electron chi connectivity index (χ0n) is 8.00. The van der Waals surface area contributed by atoms with Crippen molar-refractivity contribution in [3.63, 3.8) is 0 Å². The minimum Gasteiger partial charge on any atom is -0.150 e.